The van der Waals surface area contributed by atoms with E-state index in [9.17, 15) is 4.79 Å². The van der Waals surface area contributed by atoms with Crippen molar-refractivity contribution in [1.82, 2.24) is 15.3 Å². The molecule has 0 atom stereocenters. The minimum absolute atomic E-state index is 0.0149. The molecule has 0 bridgehead atoms. The lowest BCUT2D eigenvalue weighted by molar-refractivity contribution is -0.121. The fourth-order valence-electron chi connectivity index (χ4n) is 2.64. The van der Waals surface area contributed by atoms with Crippen molar-refractivity contribution in [3.05, 3.63) is 83.8 Å². The van der Waals surface area contributed by atoms with E-state index >= 15 is 0 Å². The normalized spacial score (nSPS) is 10.1. The number of nitrogens with one attached hydrogen (secondary N) is 1. The molecule has 0 fully saturated rings. The summed E-state index contributed by atoms with van der Waals surface area (Å²) < 4.78 is 0. The third-order valence-electron chi connectivity index (χ3n) is 4.04. The second-order valence-electron chi connectivity index (χ2n) is 5.83. The Labute approximate surface area is 152 Å². The van der Waals surface area contributed by atoms with Crippen LogP contribution in [0, 0.1) is 11.3 Å². The maximum atomic E-state index is 12.2. The minimum Gasteiger partial charge on any atom is -0.352 e. The van der Waals surface area contributed by atoms with E-state index in [0.717, 1.165) is 22.4 Å². The molecule has 0 aliphatic rings. The summed E-state index contributed by atoms with van der Waals surface area (Å²) in [7, 11) is 0. The van der Waals surface area contributed by atoms with Gasteiger partial charge in [0.2, 0.25) is 5.91 Å². The predicted molar refractivity (Wildman–Crippen MR) is 98.8 cm³/mol. The van der Waals surface area contributed by atoms with Gasteiger partial charge < -0.3 is 5.32 Å². The zero-order chi connectivity index (χ0) is 18.2. The van der Waals surface area contributed by atoms with Crippen molar-refractivity contribution < 1.29 is 4.79 Å². The van der Waals surface area contributed by atoms with Crippen molar-refractivity contribution in [2.45, 2.75) is 19.4 Å². The summed E-state index contributed by atoms with van der Waals surface area (Å²) in [6, 6.07) is 17.0. The lowest BCUT2D eigenvalue weighted by Crippen LogP contribution is -2.23. The Hall–Kier alpha value is -3.52. The van der Waals surface area contributed by atoms with Crippen molar-refractivity contribution in [2.24, 2.45) is 0 Å². The molecule has 1 N–H and O–H groups in total. The average Bonchev–Trinajstić information content (AvgIpc) is 2.72. The van der Waals surface area contributed by atoms with Crippen LogP contribution in [0.4, 0.5) is 0 Å². The summed E-state index contributed by atoms with van der Waals surface area (Å²) in [4.78, 5) is 20.6. The van der Waals surface area contributed by atoms with Crippen molar-refractivity contribution in [2.75, 3.05) is 0 Å². The van der Waals surface area contributed by atoms with Gasteiger partial charge in [0.25, 0.3) is 0 Å². The molecule has 0 spiro atoms. The molecule has 3 aromatic rings. The van der Waals surface area contributed by atoms with Crippen LogP contribution in [0.3, 0.4) is 0 Å². The standard InChI is InChI=1S/C21H18N4O/c22-14-17-5-3-16(4-6-17)7-8-20(26)25-15-19-2-1-11-24-21(19)18-9-12-23-13-10-18/h1-6,9-13H,7-8,15H2,(H,25,26). The maximum absolute atomic E-state index is 12.2. The van der Waals surface area contributed by atoms with Gasteiger partial charge in [-0.3, -0.25) is 14.8 Å². The van der Waals surface area contributed by atoms with Crippen LogP contribution in [0.25, 0.3) is 11.3 Å². The van der Waals surface area contributed by atoms with Gasteiger partial charge in [-0.25, -0.2) is 0 Å². The number of nitriles is 1. The molecule has 0 radical (unpaired) electrons. The third kappa shape index (κ3) is 4.52. The first-order valence-electron chi connectivity index (χ1n) is 8.36. The number of aryl methyl sites for hydroxylation is 1. The van der Waals surface area contributed by atoms with E-state index in [1.54, 1.807) is 30.7 Å². The molecule has 0 aliphatic heterocycles. The number of pyridine rings is 2. The van der Waals surface area contributed by atoms with Gasteiger partial charge in [-0.2, -0.15) is 5.26 Å². The van der Waals surface area contributed by atoms with Crippen LogP contribution in [0.15, 0.2) is 67.1 Å². The second kappa shape index (κ2) is 8.54. The monoisotopic (exact) mass is 342 g/mol. The van der Waals surface area contributed by atoms with Crippen LogP contribution >= 0.6 is 0 Å². The molecule has 0 saturated heterocycles. The lowest BCUT2D eigenvalue weighted by atomic mass is 10.1. The van der Waals surface area contributed by atoms with E-state index in [2.05, 4.69) is 21.4 Å². The molecule has 5 heteroatoms. The van der Waals surface area contributed by atoms with Gasteiger partial charge in [0.15, 0.2) is 0 Å². The van der Waals surface area contributed by atoms with E-state index in [-0.39, 0.29) is 5.91 Å². The first kappa shape index (κ1) is 17.3. The number of hydrogen-bond acceptors (Lipinski definition) is 4. The van der Waals surface area contributed by atoms with Crippen molar-refractivity contribution in [1.29, 1.82) is 5.26 Å². The largest absolute Gasteiger partial charge is 0.352 e. The number of carbonyl (C=O) groups excluding carboxylic acids is 1. The summed E-state index contributed by atoms with van der Waals surface area (Å²) >= 11 is 0. The third-order valence-corrected chi connectivity index (χ3v) is 4.04. The van der Waals surface area contributed by atoms with Crippen molar-refractivity contribution in [3.8, 4) is 17.3 Å². The number of hydrogen-bond donors (Lipinski definition) is 1. The van der Waals surface area contributed by atoms with Crippen LogP contribution in [0.5, 0.6) is 0 Å². The highest BCUT2D eigenvalue weighted by atomic mass is 16.1. The van der Waals surface area contributed by atoms with E-state index in [0.29, 0.717) is 24.9 Å². The van der Waals surface area contributed by atoms with Crippen molar-refractivity contribution in [3.63, 3.8) is 0 Å². The van der Waals surface area contributed by atoms with Gasteiger partial charge >= 0.3 is 0 Å². The van der Waals surface area contributed by atoms with Crippen LogP contribution in [-0.4, -0.2) is 15.9 Å². The predicted octanol–water partition coefficient (Wildman–Crippen LogP) is 3.26. The van der Waals surface area contributed by atoms with Crippen LogP contribution in [-0.2, 0) is 17.8 Å². The van der Waals surface area contributed by atoms with E-state index in [4.69, 9.17) is 5.26 Å². The van der Waals surface area contributed by atoms with Gasteiger partial charge in [0.05, 0.1) is 17.3 Å². The Morgan fingerprint density at radius 2 is 1.81 bits per heavy atom. The fourth-order valence-corrected chi connectivity index (χ4v) is 2.64. The summed E-state index contributed by atoms with van der Waals surface area (Å²) in [5, 5.41) is 11.8. The first-order valence-corrected chi connectivity index (χ1v) is 8.36. The molecular weight excluding hydrogens is 324 g/mol. The zero-order valence-corrected chi connectivity index (χ0v) is 14.2. The van der Waals surface area contributed by atoms with Gasteiger partial charge in [0, 0.05) is 37.1 Å². The summed E-state index contributed by atoms with van der Waals surface area (Å²) in [5.41, 5.74) is 4.45. The fraction of sp³-hybridized carbons (Fsp3) is 0.143. The molecule has 0 unspecified atom stereocenters. The molecule has 26 heavy (non-hydrogen) atoms. The zero-order valence-electron chi connectivity index (χ0n) is 14.2. The molecule has 128 valence electrons. The van der Waals surface area contributed by atoms with E-state index in [1.165, 1.54) is 0 Å². The Kier molecular flexibility index (Phi) is 5.69. The van der Waals surface area contributed by atoms with Gasteiger partial charge in [-0.05, 0) is 47.9 Å². The quantitative estimate of drug-likeness (QED) is 0.746. The molecule has 0 saturated carbocycles. The van der Waals surface area contributed by atoms with Crippen LogP contribution < -0.4 is 5.32 Å². The Morgan fingerprint density at radius 1 is 1.04 bits per heavy atom. The van der Waals surface area contributed by atoms with Gasteiger partial charge in [0.1, 0.15) is 0 Å². The summed E-state index contributed by atoms with van der Waals surface area (Å²) in [6.07, 6.45) is 6.23. The van der Waals surface area contributed by atoms with E-state index in [1.807, 2.05) is 36.4 Å². The molecule has 2 aromatic heterocycles. The number of benzene rings is 1. The minimum atomic E-state index is -0.0149. The number of aromatic nitrogens is 2. The molecule has 5 nitrogen and oxygen atoms in total. The molecule has 2 heterocycles. The van der Waals surface area contributed by atoms with Crippen LogP contribution in [0.2, 0.25) is 0 Å². The Balaban J connectivity index is 1.57. The highest BCUT2D eigenvalue weighted by molar-refractivity contribution is 5.76. The lowest BCUT2D eigenvalue weighted by Gasteiger charge is -2.10. The van der Waals surface area contributed by atoms with Gasteiger partial charge in [-0.15, -0.1) is 0 Å². The van der Waals surface area contributed by atoms with Crippen LogP contribution in [0.1, 0.15) is 23.1 Å². The molecule has 3 rings (SSSR count). The molecule has 1 aromatic carbocycles. The highest BCUT2D eigenvalue weighted by Gasteiger charge is 2.08. The first-order chi connectivity index (χ1) is 12.8. The maximum Gasteiger partial charge on any atom is 0.220 e. The topological polar surface area (TPSA) is 78.7 Å². The smallest absolute Gasteiger partial charge is 0.220 e. The number of carbonyl (C=O) groups is 1. The number of rotatable bonds is 6. The summed E-state index contributed by atoms with van der Waals surface area (Å²) in [5.74, 6) is -0.0149. The van der Waals surface area contributed by atoms with Gasteiger partial charge in [-0.1, -0.05) is 18.2 Å². The Bertz CT molecular complexity index is 915. The van der Waals surface area contributed by atoms with E-state index < -0.39 is 0 Å². The summed E-state index contributed by atoms with van der Waals surface area (Å²) in [6.45, 7) is 0.428. The Morgan fingerprint density at radius 3 is 2.54 bits per heavy atom. The molecule has 1 amide bonds. The average molecular weight is 342 g/mol. The second-order valence-corrected chi connectivity index (χ2v) is 5.83. The SMILES string of the molecule is N#Cc1ccc(CCC(=O)NCc2cccnc2-c2ccncc2)cc1. The number of amides is 1. The molecular formula is C21H18N4O. The van der Waals surface area contributed by atoms with Crippen molar-refractivity contribution >= 4 is 5.91 Å². The number of nitrogens with zero attached hydrogens (tertiary/aromatic N) is 3. The molecule has 0 aliphatic carbocycles. The highest BCUT2D eigenvalue weighted by Crippen LogP contribution is 2.20.